The number of nitrogens with zero attached hydrogens (tertiary/aromatic N) is 1. The largest absolute Gasteiger partial charge is 1.00 e. The predicted octanol–water partition coefficient (Wildman–Crippen LogP) is 1.50. The second-order valence-electron chi connectivity index (χ2n) is 9.38. The van der Waals surface area contributed by atoms with Gasteiger partial charge in [0.05, 0.1) is 23.3 Å². The summed E-state index contributed by atoms with van der Waals surface area (Å²) in [5, 5.41) is 13.5. The number of carboxylic acids is 1. The molecule has 3 heterocycles. The minimum absolute atomic E-state index is 0. The number of hydrogen-bond donors (Lipinski definition) is 0. The summed E-state index contributed by atoms with van der Waals surface area (Å²) in [4.78, 5) is 29.1. The number of aromatic nitrogens is 1. The van der Waals surface area contributed by atoms with Gasteiger partial charge in [0.1, 0.15) is 28.7 Å². The van der Waals surface area contributed by atoms with Crippen LogP contribution in [-0.4, -0.2) is 28.6 Å². The van der Waals surface area contributed by atoms with Gasteiger partial charge in [0.2, 0.25) is 0 Å². The molecular weight excluding hydrogens is 457 g/mol. The number of aryl methyl sites for hydroxylation is 2. The van der Waals surface area contributed by atoms with Gasteiger partial charge in [-0.1, -0.05) is 24.3 Å². The van der Waals surface area contributed by atoms with Crippen LogP contribution < -0.4 is 39.4 Å². The number of para-hydroxylation sites is 1. The van der Waals surface area contributed by atoms with Crippen LogP contribution in [0.15, 0.2) is 46.9 Å². The molecule has 0 bridgehead atoms. The van der Waals surface area contributed by atoms with Crippen molar-refractivity contribution < 1.29 is 58.1 Å². The molecule has 0 aliphatic carbocycles. The molecule has 1 aliphatic rings. The fourth-order valence-corrected chi connectivity index (χ4v) is 4.70. The summed E-state index contributed by atoms with van der Waals surface area (Å²) in [6, 6.07) is 12.6. The molecule has 0 spiro atoms. The Balaban J connectivity index is 0.00000289. The van der Waals surface area contributed by atoms with Crippen LogP contribution >= 0.6 is 0 Å². The Kier molecular flexibility index (Phi) is 6.70. The second kappa shape index (κ2) is 9.30. The second-order valence-corrected chi connectivity index (χ2v) is 9.38. The minimum atomic E-state index is -1.35. The van der Waals surface area contributed by atoms with Crippen molar-refractivity contribution in [3.8, 4) is 17.2 Å². The van der Waals surface area contributed by atoms with Gasteiger partial charge in [0.25, 0.3) is 0 Å². The number of fused-ring (bicyclic) bond motifs is 2. The molecule has 1 saturated heterocycles. The van der Waals surface area contributed by atoms with Gasteiger partial charge in [-0.2, -0.15) is 0 Å². The van der Waals surface area contributed by atoms with E-state index in [1.165, 1.54) is 6.07 Å². The third kappa shape index (κ3) is 4.68. The first-order valence-corrected chi connectivity index (χ1v) is 11.2. The summed E-state index contributed by atoms with van der Waals surface area (Å²) >= 11 is 0. The quantitative estimate of drug-likeness (QED) is 0.322. The predicted molar refractivity (Wildman–Crippen MR) is 125 cm³/mol. The number of benzene rings is 2. The molecule has 2 aromatic carbocycles. The Labute approximate surface area is 224 Å². The molecule has 7 nitrogen and oxygen atoms in total. The summed E-state index contributed by atoms with van der Waals surface area (Å²) in [7, 11) is 0. The van der Waals surface area contributed by atoms with Gasteiger partial charge in [-0.15, -0.1) is 0 Å². The van der Waals surface area contributed by atoms with Gasteiger partial charge >= 0.3 is 35.5 Å². The van der Waals surface area contributed by atoms with Crippen molar-refractivity contribution in [2.45, 2.75) is 52.2 Å². The fraction of sp³-hybridized carbons (Fsp3) is 0.296. The Bertz CT molecular complexity index is 1470. The van der Waals surface area contributed by atoms with Gasteiger partial charge in [0, 0.05) is 22.9 Å². The van der Waals surface area contributed by atoms with Crippen molar-refractivity contribution in [2.24, 2.45) is 0 Å². The van der Waals surface area contributed by atoms with Crippen molar-refractivity contribution in [2.75, 3.05) is 0 Å². The van der Waals surface area contributed by atoms with E-state index < -0.39 is 17.7 Å². The van der Waals surface area contributed by atoms with E-state index in [4.69, 9.17) is 18.9 Å². The fourth-order valence-electron chi connectivity index (χ4n) is 4.70. The monoisotopic (exact) mass is 481 g/mol. The van der Waals surface area contributed by atoms with Crippen molar-refractivity contribution in [3.05, 3.63) is 59.2 Å². The molecule has 1 atom stereocenters. The third-order valence-corrected chi connectivity index (χ3v) is 6.22. The van der Waals surface area contributed by atoms with Crippen LogP contribution in [0.3, 0.4) is 0 Å². The average Bonchev–Trinajstić information content (AvgIpc) is 3.10. The Morgan fingerprint density at radius 2 is 1.91 bits per heavy atom. The molecule has 0 radical (unpaired) electrons. The van der Waals surface area contributed by atoms with Crippen molar-refractivity contribution in [1.29, 1.82) is 0 Å². The minimum Gasteiger partial charge on any atom is -0.545 e. The molecule has 4 aromatic rings. The first-order chi connectivity index (χ1) is 16.1. The number of carbonyl (C=O) groups excluding carboxylic acids is 2. The van der Waals surface area contributed by atoms with E-state index in [-0.39, 0.29) is 47.5 Å². The van der Waals surface area contributed by atoms with E-state index >= 15 is 0 Å². The zero-order valence-electron chi connectivity index (χ0n) is 20.4. The van der Waals surface area contributed by atoms with Crippen LogP contribution in [0, 0.1) is 13.8 Å². The van der Waals surface area contributed by atoms with Gasteiger partial charge < -0.3 is 23.8 Å². The van der Waals surface area contributed by atoms with E-state index in [9.17, 15) is 14.7 Å². The smallest absolute Gasteiger partial charge is 0.545 e. The molecule has 174 valence electrons. The normalized spacial score (nSPS) is 17.1. The number of esters is 1. The molecule has 1 aliphatic heterocycles. The van der Waals surface area contributed by atoms with Gasteiger partial charge in [0.15, 0.2) is 5.76 Å². The maximum atomic E-state index is 12.3. The van der Waals surface area contributed by atoms with Gasteiger partial charge in [-0.3, -0.25) is 4.79 Å². The molecule has 0 saturated carbocycles. The van der Waals surface area contributed by atoms with E-state index in [2.05, 4.69) is 0 Å². The first kappa shape index (κ1) is 25.2. The van der Waals surface area contributed by atoms with Gasteiger partial charge in [-0.25, -0.2) is 4.98 Å². The molecule has 0 N–H and O–H groups in total. The van der Waals surface area contributed by atoms with Crippen LogP contribution in [0.5, 0.6) is 5.75 Å². The molecule has 1 fully saturated rings. The summed E-state index contributed by atoms with van der Waals surface area (Å²) < 4.78 is 17.6. The summed E-state index contributed by atoms with van der Waals surface area (Å²) in [5.74, 6) is -0.844. The number of hydrogen-bond acceptors (Lipinski definition) is 7. The van der Waals surface area contributed by atoms with Crippen LogP contribution in [0.1, 0.15) is 48.2 Å². The molecule has 0 amide bonds. The molecule has 5 rings (SSSR count). The molecular formula is C27H24NNaO6. The zero-order valence-corrected chi connectivity index (χ0v) is 22.4. The number of ether oxygens (including phenoxy) is 2. The standard InChI is InChI=1S/C27H25NO6.Na/c1-14-9-10-21(32-16-11-22(29)34-27(3,4)13-16)23-18(26(30)31)12-19(28-24(14)23)25-15(2)17-7-5-6-8-20(17)33-25;/h5-10,12,16H,11,13H2,1-4H3,(H,30,31);/q;+1/p-1. The number of furan rings is 1. The van der Waals surface area contributed by atoms with Crippen molar-refractivity contribution >= 4 is 33.8 Å². The molecule has 2 aromatic heterocycles. The summed E-state index contributed by atoms with van der Waals surface area (Å²) in [6.07, 6.45) is 0.121. The number of pyridine rings is 1. The zero-order chi connectivity index (χ0) is 24.2. The topological polar surface area (TPSA) is 102 Å². The maximum absolute atomic E-state index is 12.3. The summed E-state index contributed by atoms with van der Waals surface area (Å²) in [5.41, 5.74) is 2.53. The number of rotatable bonds is 4. The van der Waals surface area contributed by atoms with Crippen LogP contribution in [0.2, 0.25) is 0 Å². The first-order valence-electron chi connectivity index (χ1n) is 11.2. The molecule has 35 heavy (non-hydrogen) atoms. The Morgan fingerprint density at radius 3 is 2.60 bits per heavy atom. The maximum Gasteiger partial charge on any atom is 1.00 e. The molecule has 1 unspecified atom stereocenters. The van der Waals surface area contributed by atoms with E-state index in [0.29, 0.717) is 40.1 Å². The van der Waals surface area contributed by atoms with Crippen LogP contribution in [-0.2, 0) is 9.53 Å². The summed E-state index contributed by atoms with van der Waals surface area (Å²) in [6.45, 7) is 7.42. The number of cyclic esters (lactones) is 1. The third-order valence-electron chi connectivity index (χ3n) is 6.22. The van der Waals surface area contributed by atoms with Crippen LogP contribution in [0.4, 0.5) is 0 Å². The number of aromatic carboxylic acids is 1. The molecule has 8 heteroatoms. The average molecular weight is 481 g/mol. The van der Waals surface area contributed by atoms with Crippen LogP contribution in [0.25, 0.3) is 33.3 Å². The number of carboxylic acid groups (broad SMARTS) is 1. The van der Waals surface area contributed by atoms with Crippen molar-refractivity contribution in [1.82, 2.24) is 4.98 Å². The van der Waals surface area contributed by atoms with E-state index in [1.54, 1.807) is 6.07 Å². The Hall–Kier alpha value is -2.87. The van der Waals surface area contributed by atoms with Gasteiger partial charge in [-0.05, 0) is 51.5 Å². The van der Waals surface area contributed by atoms with Crippen molar-refractivity contribution in [3.63, 3.8) is 0 Å². The Morgan fingerprint density at radius 1 is 1.17 bits per heavy atom. The number of carbonyl (C=O) groups is 2. The van der Waals surface area contributed by atoms with E-state index in [0.717, 1.165) is 16.5 Å². The SMILES string of the molecule is Cc1c(-c2cc(C(=O)[O-])c3c(OC4CC(=O)OC(C)(C)C4)ccc(C)c3n2)oc2ccccc12.[Na+]. The van der Waals surface area contributed by atoms with E-state index in [1.807, 2.05) is 58.0 Å².